The Kier molecular flexibility index (Phi) is 45.3. The monoisotopic (exact) mass is 1100 g/mol. The molecule has 0 aromatic rings. The van der Waals surface area contributed by atoms with Crippen LogP contribution in [0.15, 0.2) is 36.5 Å². The summed E-state index contributed by atoms with van der Waals surface area (Å²) in [5, 5.41) is 87.1. The fraction of sp³-hybridized carbons (Fsp3) is 0.889. The molecule has 0 saturated carbocycles. The predicted octanol–water partition coefficient (Wildman–Crippen LogP) is 11.4. The largest absolute Gasteiger partial charge is 0.394 e. The van der Waals surface area contributed by atoms with Gasteiger partial charge in [0.2, 0.25) is 5.91 Å². The first-order valence-corrected chi connectivity index (χ1v) is 31.7. The number of carbonyl (C=O) groups excluding carboxylic acids is 1. The van der Waals surface area contributed by atoms with Crippen LogP contribution in [-0.4, -0.2) is 140 Å². The highest BCUT2D eigenvalue weighted by Crippen LogP contribution is 2.30. The predicted molar refractivity (Wildman–Crippen MR) is 309 cm³/mol. The Morgan fingerprint density at radius 1 is 0.468 bits per heavy atom. The molecule has 2 heterocycles. The smallest absolute Gasteiger partial charge is 0.220 e. The molecule has 77 heavy (non-hydrogen) atoms. The Hall–Kier alpha value is -1.79. The van der Waals surface area contributed by atoms with Crippen molar-refractivity contribution in [1.82, 2.24) is 5.32 Å². The van der Waals surface area contributed by atoms with E-state index in [1.807, 2.05) is 6.08 Å². The molecule has 0 spiro atoms. The summed E-state index contributed by atoms with van der Waals surface area (Å²) in [7, 11) is 0. The van der Waals surface area contributed by atoms with E-state index < -0.39 is 86.8 Å². The lowest BCUT2D eigenvalue weighted by Gasteiger charge is -2.46. The standard InChI is InChI=1S/C63H117NO13/c1-3-5-7-9-11-13-15-17-19-20-21-22-23-24-25-26-27-28-29-30-31-33-34-36-38-40-42-44-46-52(67)51(64-55(68)47-45-43-41-39-37-35-32-18-16-14-12-10-8-6-4-2)50-74-62-60(73)58(71)61(54(49-66)76-62)77-63-59(72)57(70)56(69)53(48-65)75-63/h12,14,18,32,44,46,51-54,56-63,65-67,69-73H,3-11,13,15-17,19-31,33-43,45,47-50H2,1-2H3,(H,64,68)/b14-12-,32-18-,46-44+. The number of carbonyl (C=O) groups is 1. The number of amides is 1. The molecule has 14 heteroatoms. The lowest BCUT2D eigenvalue weighted by molar-refractivity contribution is -0.359. The summed E-state index contributed by atoms with van der Waals surface area (Å²) in [5.74, 6) is -0.251. The molecule has 0 aliphatic carbocycles. The Balaban J connectivity index is 1.71. The number of aliphatic hydroxyl groups excluding tert-OH is 8. The molecule has 0 bridgehead atoms. The summed E-state index contributed by atoms with van der Waals surface area (Å²) in [4.78, 5) is 13.2. The van der Waals surface area contributed by atoms with Crippen molar-refractivity contribution in [3.63, 3.8) is 0 Å². The van der Waals surface area contributed by atoms with Crippen LogP contribution >= 0.6 is 0 Å². The summed E-state index contributed by atoms with van der Waals surface area (Å²) < 4.78 is 22.8. The van der Waals surface area contributed by atoms with Gasteiger partial charge in [0.05, 0.1) is 32.0 Å². The number of unbranched alkanes of at least 4 members (excludes halogenated alkanes) is 34. The van der Waals surface area contributed by atoms with E-state index in [4.69, 9.17) is 18.9 Å². The maximum atomic E-state index is 13.2. The van der Waals surface area contributed by atoms with E-state index in [2.05, 4.69) is 43.5 Å². The topological polar surface area (TPSA) is 228 Å². The van der Waals surface area contributed by atoms with Gasteiger partial charge in [0.1, 0.15) is 48.8 Å². The molecule has 2 rings (SSSR count). The van der Waals surface area contributed by atoms with E-state index in [-0.39, 0.29) is 18.9 Å². The number of aliphatic hydroxyl groups is 8. The molecule has 1 amide bonds. The minimum atomic E-state index is -1.79. The number of nitrogens with one attached hydrogen (secondary N) is 1. The SMILES string of the molecule is CCCCC/C=C\C/C=C\CCCCCCCC(=O)NC(COC1OC(CO)C(OC2OC(CO)C(O)C(O)C2O)C(O)C1O)C(O)/C=C/CCCCCCCCCCCCCCCCCCCCCCCCCCCC. The quantitative estimate of drug-likeness (QED) is 0.0204. The van der Waals surface area contributed by atoms with E-state index in [1.54, 1.807) is 6.08 Å². The van der Waals surface area contributed by atoms with Crippen molar-refractivity contribution in [1.29, 1.82) is 0 Å². The maximum absolute atomic E-state index is 13.2. The first-order valence-electron chi connectivity index (χ1n) is 31.7. The van der Waals surface area contributed by atoms with Crippen molar-refractivity contribution in [3.05, 3.63) is 36.5 Å². The third-order valence-electron chi connectivity index (χ3n) is 15.6. The minimum absolute atomic E-state index is 0.251. The summed E-state index contributed by atoms with van der Waals surface area (Å²) in [6.07, 6.45) is 43.4. The van der Waals surface area contributed by atoms with E-state index in [0.717, 1.165) is 64.2 Å². The van der Waals surface area contributed by atoms with Crippen molar-refractivity contribution in [2.75, 3.05) is 19.8 Å². The second-order valence-corrected chi connectivity index (χ2v) is 22.5. The third-order valence-corrected chi connectivity index (χ3v) is 15.6. The van der Waals surface area contributed by atoms with Crippen LogP contribution in [0.2, 0.25) is 0 Å². The Labute approximate surface area is 468 Å². The van der Waals surface area contributed by atoms with Crippen LogP contribution in [0, 0.1) is 0 Å². The fourth-order valence-electron chi connectivity index (χ4n) is 10.4. The van der Waals surface area contributed by atoms with Gasteiger partial charge in [-0.1, -0.05) is 243 Å². The molecule has 2 saturated heterocycles. The summed E-state index contributed by atoms with van der Waals surface area (Å²) in [6, 6.07) is -0.922. The molecule has 2 aliphatic heterocycles. The van der Waals surface area contributed by atoms with Gasteiger partial charge in [0, 0.05) is 6.42 Å². The average Bonchev–Trinajstić information content (AvgIpc) is 3.44. The van der Waals surface area contributed by atoms with Crippen molar-refractivity contribution >= 4 is 5.91 Å². The van der Waals surface area contributed by atoms with Gasteiger partial charge < -0.3 is 65.1 Å². The molecular formula is C63H117NO13. The lowest BCUT2D eigenvalue weighted by atomic mass is 9.97. The summed E-state index contributed by atoms with van der Waals surface area (Å²) in [6.45, 7) is 2.78. The summed E-state index contributed by atoms with van der Waals surface area (Å²) >= 11 is 0. The van der Waals surface area contributed by atoms with E-state index in [9.17, 15) is 45.6 Å². The van der Waals surface area contributed by atoms with E-state index in [0.29, 0.717) is 6.42 Å². The molecule has 452 valence electrons. The van der Waals surface area contributed by atoms with Crippen molar-refractivity contribution < 1.29 is 64.6 Å². The van der Waals surface area contributed by atoms with Crippen LogP contribution < -0.4 is 5.32 Å². The van der Waals surface area contributed by atoms with Gasteiger partial charge in [-0.2, -0.15) is 0 Å². The Morgan fingerprint density at radius 2 is 0.857 bits per heavy atom. The second-order valence-electron chi connectivity index (χ2n) is 22.5. The zero-order valence-corrected chi connectivity index (χ0v) is 48.7. The molecule has 12 atom stereocenters. The van der Waals surface area contributed by atoms with Crippen LogP contribution in [0.1, 0.15) is 264 Å². The number of rotatable bonds is 51. The third kappa shape index (κ3) is 34.3. The highest BCUT2D eigenvalue weighted by atomic mass is 16.7. The van der Waals surface area contributed by atoms with Gasteiger partial charge in [-0.05, 0) is 51.4 Å². The molecule has 2 aliphatic rings. The van der Waals surface area contributed by atoms with Crippen LogP contribution in [0.3, 0.4) is 0 Å². The van der Waals surface area contributed by atoms with Gasteiger partial charge in [0.25, 0.3) is 0 Å². The van der Waals surface area contributed by atoms with E-state index in [1.165, 1.54) is 173 Å². The number of hydrogen-bond donors (Lipinski definition) is 9. The highest BCUT2D eigenvalue weighted by molar-refractivity contribution is 5.76. The highest BCUT2D eigenvalue weighted by Gasteiger charge is 2.51. The maximum Gasteiger partial charge on any atom is 0.220 e. The molecule has 0 radical (unpaired) electrons. The van der Waals surface area contributed by atoms with Crippen LogP contribution in [0.4, 0.5) is 0 Å². The first kappa shape index (κ1) is 71.3. The van der Waals surface area contributed by atoms with Gasteiger partial charge >= 0.3 is 0 Å². The van der Waals surface area contributed by atoms with Crippen LogP contribution in [-0.2, 0) is 23.7 Å². The molecular weight excluding hydrogens is 979 g/mol. The van der Waals surface area contributed by atoms with Crippen LogP contribution in [0.25, 0.3) is 0 Å². The van der Waals surface area contributed by atoms with Crippen molar-refractivity contribution in [3.8, 4) is 0 Å². The minimum Gasteiger partial charge on any atom is -0.394 e. The molecule has 12 unspecified atom stereocenters. The van der Waals surface area contributed by atoms with Gasteiger partial charge in [-0.25, -0.2) is 0 Å². The van der Waals surface area contributed by atoms with Gasteiger partial charge in [0.15, 0.2) is 12.6 Å². The number of hydrogen-bond acceptors (Lipinski definition) is 13. The second kappa shape index (κ2) is 48.9. The Bertz CT molecular complexity index is 1430. The fourth-order valence-corrected chi connectivity index (χ4v) is 10.4. The molecule has 9 N–H and O–H groups in total. The normalized spacial score (nSPS) is 24.9. The number of ether oxygens (including phenoxy) is 4. The van der Waals surface area contributed by atoms with Gasteiger partial charge in [-0.15, -0.1) is 0 Å². The molecule has 0 aromatic carbocycles. The van der Waals surface area contributed by atoms with E-state index >= 15 is 0 Å². The Morgan fingerprint density at radius 3 is 1.32 bits per heavy atom. The lowest BCUT2D eigenvalue weighted by Crippen LogP contribution is -2.65. The zero-order valence-electron chi connectivity index (χ0n) is 48.7. The van der Waals surface area contributed by atoms with Gasteiger partial charge in [-0.3, -0.25) is 4.79 Å². The molecule has 2 fully saturated rings. The average molecular weight is 1100 g/mol. The van der Waals surface area contributed by atoms with Crippen molar-refractivity contribution in [2.24, 2.45) is 0 Å². The van der Waals surface area contributed by atoms with Crippen molar-refractivity contribution in [2.45, 2.75) is 338 Å². The molecule has 14 nitrogen and oxygen atoms in total. The van der Waals surface area contributed by atoms with Crippen LogP contribution in [0.5, 0.6) is 0 Å². The first-order chi connectivity index (χ1) is 37.6. The molecule has 0 aromatic heterocycles. The number of allylic oxidation sites excluding steroid dienone is 5. The zero-order chi connectivity index (χ0) is 56.0. The summed E-state index contributed by atoms with van der Waals surface area (Å²) in [5.41, 5.74) is 0.